The van der Waals surface area contributed by atoms with Gasteiger partial charge in [0.2, 0.25) is 0 Å². The minimum Gasteiger partial charge on any atom is -0.478 e. The molecular weight excluding hydrogens is 313 g/mol. The number of carbonyl (C=O) groups excluding carboxylic acids is 1. The van der Waals surface area contributed by atoms with Crippen molar-refractivity contribution in [2.45, 2.75) is 6.92 Å². The number of carboxylic acid groups (broad SMARTS) is 1. The zero-order chi connectivity index (χ0) is 15.6. The lowest BCUT2D eigenvalue weighted by Gasteiger charge is -2.09. The van der Waals surface area contributed by atoms with Crippen LogP contribution in [0.15, 0.2) is 36.4 Å². The molecular formula is C15H11Cl2NO3. The van der Waals surface area contributed by atoms with Gasteiger partial charge in [0.15, 0.2) is 0 Å². The number of aromatic carboxylic acids is 1. The molecule has 2 aromatic carbocycles. The Bertz CT molecular complexity index is 729. The molecule has 0 saturated heterocycles. The van der Waals surface area contributed by atoms with Crippen LogP contribution in [-0.2, 0) is 0 Å². The van der Waals surface area contributed by atoms with Crippen molar-refractivity contribution < 1.29 is 14.7 Å². The molecule has 1 amide bonds. The van der Waals surface area contributed by atoms with E-state index in [0.717, 1.165) is 5.56 Å². The van der Waals surface area contributed by atoms with Gasteiger partial charge in [-0.1, -0.05) is 23.2 Å². The maximum Gasteiger partial charge on any atom is 0.337 e. The van der Waals surface area contributed by atoms with E-state index >= 15 is 0 Å². The number of anilines is 1. The summed E-state index contributed by atoms with van der Waals surface area (Å²) in [6, 6.07) is 9.17. The van der Waals surface area contributed by atoms with Gasteiger partial charge in [-0.05, 0) is 48.9 Å². The molecule has 2 rings (SSSR count). The summed E-state index contributed by atoms with van der Waals surface area (Å²) in [5.41, 5.74) is 1.63. The summed E-state index contributed by atoms with van der Waals surface area (Å²) in [7, 11) is 0. The molecule has 108 valence electrons. The van der Waals surface area contributed by atoms with E-state index in [1.54, 1.807) is 25.1 Å². The summed E-state index contributed by atoms with van der Waals surface area (Å²) in [5, 5.41) is 12.2. The molecule has 6 heteroatoms. The zero-order valence-corrected chi connectivity index (χ0v) is 12.5. The standard InChI is InChI=1S/C15H11Cl2NO3/c1-8-6-9(16)2-4-11(8)14(19)18-10-3-5-12(15(20)21)13(17)7-10/h2-7H,1H3,(H,18,19)(H,20,21). The number of aryl methyl sites for hydroxylation is 1. The van der Waals surface area contributed by atoms with Crippen LogP contribution in [0.4, 0.5) is 5.69 Å². The maximum absolute atomic E-state index is 12.2. The van der Waals surface area contributed by atoms with Crippen molar-refractivity contribution in [1.29, 1.82) is 0 Å². The second-order valence-corrected chi connectivity index (χ2v) is 5.26. The van der Waals surface area contributed by atoms with E-state index in [1.165, 1.54) is 18.2 Å². The van der Waals surface area contributed by atoms with Crippen LogP contribution >= 0.6 is 23.2 Å². The normalized spacial score (nSPS) is 10.2. The van der Waals surface area contributed by atoms with Gasteiger partial charge in [-0.15, -0.1) is 0 Å². The lowest BCUT2D eigenvalue weighted by atomic mass is 10.1. The SMILES string of the molecule is Cc1cc(Cl)ccc1C(=O)Nc1ccc(C(=O)O)c(Cl)c1. The average Bonchev–Trinajstić information content (AvgIpc) is 2.37. The first-order chi connectivity index (χ1) is 9.88. The van der Waals surface area contributed by atoms with Gasteiger partial charge in [-0.25, -0.2) is 4.79 Å². The van der Waals surface area contributed by atoms with Gasteiger partial charge in [0.1, 0.15) is 0 Å². The first-order valence-corrected chi connectivity index (χ1v) is 6.74. The molecule has 0 heterocycles. The molecule has 0 aromatic heterocycles. The van der Waals surface area contributed by atoms with Crippen LogP contribution in [0, 0.1) is 6.92 Å². The molecule has 0 atom stereocenters. The summed E-state index contributed by atoms with van der Waals surface area (Å²) in [5.74, 6) is -1.44. The smallest absolute Gasteiger partial charge is 0.337 e. The van der Waals surface area contributed by atoms with Crippen molar-refractivity contribution in [3.8, 4) is 0 Å². The number of hydrogen-bond acceptors (Lipinski definition) is 2. The van der Waals surface area contributed by atoms with Gasteiger partial charge in [0.05, 0.1) is 10.6 Å². The Balaban J connectivity index is 2.23. The van der Waals surface area contributed by atoms with Crippen molar-refractivity contribution in [2.75, 3.05) is 5.32 Å². The molecule has 0 saturated carbocycles. The summed E-state index contributed by atoms with van der Waals surface area (Å²) in [6.07, 6.45) is 0. The third kappa shape index (κ3) is 3.54. The summed E-state index contributed by atoms with van der Waals surface area (Å²) in [6.45, 7) is 1.78. The molecule has 2 N–H and O–H groups in total. The number of benzene rings is 2. The summed E-state index contributed by atoms with van der Waals surface area (Å²) in [4.78, 5) is 23.0. The third-order valence-electron chi connectivity index (χ3n) is 2.89. The van der Waals surface area contributed by atoms with Gasteiger partial charge in [0, 0.05) is 16.3 Å². The number of amides is 1. The summed E-state index contributed by atoms with van der Waals surface area (Å²) < 4.78 is 0. The first-order valence-electron chi connectivity index (χ1n) is 5.99. The van der Waals surface area contributed by atoms with Crippen molar-refractivity contribution in [3.05, 3.63) is 63.1 Å². The van der Waals surface area contributed by atoms with Crippen LogP contribution < -0.4 is 5.32 Å². The molecule has 0 fully saturated rings. The van der Waals surface area contributed by atoms with Crippen LogP contribution in [0.25, 0.3) is 0 Å². The number of nitrogens with one attached hydrogen (secondary N) is 1. The predicted octanol–water partition coefficient (Wildman–Crippen LogP) is 4.25. The molecule has 2 aromatic rings. The fourth-order valence-electron chi connectivity index (χ4n) is 1.85. The third-order valence-corrected chi connectivity index (χ3v) is 3.44. The molecule has 0 aliphatic carbocycles. The monoisotopic (exact) mass is 323 g/mol. The zero-order valence-electron chi connectivity index (χ0n) is 11.0. The Kier molecular flexibility index (Phi) is 4.50. The number of carbonyl (C=O) groups is 2. The Morgan fingerprint density at radius 1 is 1.05 bits per heavy atom. The van der Waals surface area contributed by atoms with Crippen LogP contribution in [0.2, 0.25) is 10.0 Å². The molecule has 0 radical (unpaired) electrons. The van der Waals surface area contributed by atoms with E-state index in [1.807, 2.05) is 0 Å². The van der Waals surface area contributed by atoms with Gasteiger partial charge in [-0.3, -0.25) is 4.79 Å². The molecule has 0 bridgehead atoms. The molecule has 0 unspecified atom stereocenters. The maximum atomic E-state index is 12.2. The van der Waals surface area contributed by atoms with E-state index in [0.29, 0.717) is 16.3 Å². The Labute approximate surface area is 131 Å². The Morgan fingerprint density at radius 3 is 2.29 bits per heavy atom. The van der Waals surface area contributed by atoms with E-state index in [2.05, 4.69) is 5.32 Å². The van der Waals surface area contributed by atoms with Crippen molar-refractivity contribution in [3.63, 3.8) is 0 Å². The number of carboxylic acids is 1. The first kappa shape index (κ1) is 15.4. The van der Waals surface area contributed by atoms with E-state index in [9.17, 15) is 9.59 Å². The van der Waals surface area contributed by atoms with Crippen LogP contribution in [0.1, 0.15) is 26.3 Å². The van der Waals surface area contributed by atoms with Crippen molar-refractivity contribution >= 4 is 40.8 Å². The molecule has 4 nitrogen and oxygen atoms in total. The topological polar surface area (TPSA) is 66.4 Å². The highest BCUT2D eigenvalue weighted by Gasteiger charge is 2.12. The van der Waals surface area contributed by atoms with Gasteiger partial charge in [0.25, 0.3) is 5.91 Å². The highest BCUT2D eigenvalue weighted by atomic mass is 35.5. The number of halogens is 2. The Morgan fingerprint density at radius 2 is 1.71 bits per heavy atom. The quantitative estimate of drug-likeness (QED) is 0.887. The highest BCUT2D eigenvalue weighted by Crippen LogP contribution is 2.22. The molecule has 0 aliphatic rings. The summed E-state index contributed by atoms with van der Waals surface area (Å²) >= 11 is 11.7. The molecule has 21 heavy (non-hydrogen) atoms. The molecule has 0 aliphatic heterocycles. The van der Waals surface area contributed by atoms with E-state index < -0.39 is 5.97 Å². The molecule has 0 spiro atoms. The second kappa shape index (κ2) is 6.16. The fraction of sp³-hybridized carbons (Fsp3) is 0.0667. The predicted molar refractivity (Wildman–Crippen MR) is 82.6 cm³/mol. The van der Waals surface area contributed by atoms with Crippen molar-refractivity contribution in [2.24, 2.45) is 0 Å². The van der Waals surface area contributed by atoms with Crippen LogP contribution in [0.5, 0.6) is 0 Å². The van der Waals surface area contributed by atoms with Crippen molar-refractivity contribution in [1.82, 2.24) is 0 Å². The minimum absolute atomic E-state index is 0.0164. The minimum atomic E-state index is -1.12. The van der Waals surface area contributed by atoms with Crippen LogP contribution in [0.3, 0.4) is 0 Å². The van der Waals surface area contributed by atoms with Gasteiger partial charge >= 0.3 is 5.97 Å². The number of rotatable bonds is 3. The van der Waals surface area contributed by atoms with E-state index in [4.69, 9.17) is 28.3 Å². The second-order valence-electron chi connectivity index (χ2n) is 4.41. The van der Waals surface area contributed by atoms with Crippen LogP contribution in [-0.4, -0.2) is 17.0 Å². The average molecular weight is 324 g/mol. The number of hydrogen-bond donors (Lipinski definition) is 2. The lowest BCUT2D eigenvalue weighted by Crippen LogP contribution is -2.13. The highest BCUT2D eigenvalue weighted by molar-refractivity contribution is 6.34. The van der Waals surface area contributed by atoms with Gasteiger partial charge < -0.3 is 10.4 Å². The lowest BCUT2D eigenvalue weighted by molar-refractivity contribution is 0.0697. The fourth-order valence-corrected chi connectivity index (χ4v) is 2.33. The van der Waals surface area contributed by atoms with E-state index in [-0.39, 0.29) is 16.5 Å². The largest absolute Gasteiger partial charge is 0.478 e. The Hall–Kier alpha value is -2.04. The van der Waals surface area contributed by atoms with Gasteiger partial charge in [-0.2, -0.15) is 0 Å².